The van der Waals surface area contributed by atoms with Crippen LogP contribution >= 0.6 is 0 Å². The maximum atomic E-state index is 12.8. The third-order valence-electron chi connectivity index (χ3n) is 5.70. The van der Waals surface area contributed by atoms with Gasteiger partial charge >= 0.3 is 0 Å². The zero-order chi connectivity index (χ0) is 20.6. The number of Topliss-reactive ketones (excluding diaryl/α,β-unsaturated/α-hetero) is 1. The smallest absolute Gasteiger partial charge is 0.161 e. The topological polar surface area (TPSA) is 67.8 Å². The number of rotatable bonds is 9. The predicted molar refractivity (Wildman–Crippen MR) is 114 cm³/mol. The van der Waals surface area contributed by atoms with Crippen molar-refractivity contribution in [3.05, 3.63) is 53.1 Å². The van der Waals surface area contributed by atoms with Gasteiger partial charge in [0.1, 0.15) is 11.5 Å². The normalized spacial score (nSPS) is 16.2. The number of hydrogen-bond donors (Lipinski definition) is 2. The highest BCUT2D eigenvalue weighted by Gasteiger charge is 2.25. The Morgan fingerprint density at radius 2 is 1.83 bits per heavy atom. The minimum absolute atomic E-state index is 0.118. The number of nitrogens with one attached hydrogen (secondary N) is 1. The van der Waals surface area contributed by atoms with Crippen molar-refractivity contribution < 1.29 is 19.4 Å². The van der Waals surface area contributed by atoms with Crippen LogP contribution in [0.1, 0.15) is 36.0 Å². The highest BCUT2D eigenvalue weighted by atomic mass is 16.5. The fraction of sp³-hybridized carbons (Fsp3) is 0.458. The second kappa shape index (κ2) is 10.3. The van der Waals surface area contributed by atoms with Crippen LogP contribution in [0.2, 0.25) is 0 Å². The summed E-state index contributed by atoms with van der Waals surface area (Å²) in [5.41, 5.74) is 3.39. The van der Waals surface area contributed by atoms with Crippen LogP contribution in [0.5, 0.6) is 17.2 Å². The third-order valence-corrected chi connectivity index (χ3v) is 5.70. The Hall–Kier alpha value is -2.53. The number of methoxy groups -OCH3 is 2. The molecule has 0 fully saturated rings. The minimum Gasteiger partial charge on any atom is -0.508 e. The molecule has 29 heavy (non-hydrogen) atoms. The maximum Gasteiger partial charge on any atom is 0.161 e. The van der Waals surface area contributed by atoms with Gasteiger partial charge in [0.15, 0.2) is 11.5 Å². The molecule has 2 aromatic carbocycles. The highest BCUT2D eigenvalue weighted by Crippen LogP contribution is 2.34. The summed E-state index contributed by atoms with van der Waals surface area (Å²) in [5, 5.41) is 12.9. The Morgan fingerprint density at radius 1 is 1.07 bits per heavy atom. The van der Waals surface area contributed by atoms with Gasteiger partial charge in [-0.05, 0) is 86.1 Å². The number of carbonyl (C=O) groups is 1. The molecular weight excluding hydrogens is 366 g/mol. The third kappa shape index (κ3) is 5.73. The molecule has 1 unspecified atom stereocenters. The summed E-state index contributed by atoms with van der Waals surface area (Å²) in [5.74, 6) is 2.18. The van der Waals surface area contributed by atoms with E-state index in [2.05, 4.69) is 5.32 Å². The lowest BCUT2D eigenvalue weighted by Gasteiger charge is -2.13. The summed E-state index contributed by atoms with van der Waals surface area (Å²) < 4.78 is 10.8. The zero-order valence-electron chi connectivity index (χ0n) is 17.4. The van der Waals surface area contributed by atoms with Crippen molar-refractivity contribution in [2.75, 3.05) is 27.3 Å². The molecule has 5 nitrogen and oxygen atoms in total. The Bertz CT molecular complexity index is 834. The van der Waals surface area contributed by atoms with E-state index in [4.69, 9.17) is 9.47 Å². The average Bonchev–Trinajstić information content (AvgIpc) is 2.87. The minimum atomic E-state index is 0.118. The molecule has 0 radical (unpaired) electrons. The number of aromatic hydroxyl groups is 1. The van der Waals surface area contributed by atoms with E-state index in [-0.39, 0.29) is 5.92 Å². The quantitative estimate of drug-likeness (QED) is 0.499. The van der Waals surface area contributed by atoms with Crippen molar-refractivity contribution in [3.8, 4) is 17.2 Å². The lowest BCUT2D eigenvalue weighted by molar-refractivity contribution is -0.122. The van der Waals surface area contributed by atoms with Crippen molar-refractivity contribution in [1.29, 1.82) is 0 Å². The standard InChI is InChI=1S/C24H31NO4/c1-28-23-15-19-9-8-18(22(27)14-20(19)16-24(23)29-2)6-4-11-25-12-10-17-5-3-7-21(26)13-17/h3,5,7,13,15-16,18,25-26H,4,6,8-12,14H2,1-2H3. The van der Waals surface area contributed by atoms with E-state index in [1.165, 1.54) is 5.56 Å². The first-order valence-corrected chi connectivity index (χ1v) is 10.4. The molecule has 0 amide bonds. The zero-order valence-corrected chi connectivity index (χ0v) is 17.4. The number of phenols is 1. The van der Waals surface area contributed by atoms with Gasteiger partial charge in [0, 0.05) is 12.3 Å². The Balaban J connectivity index is 1.44. The van der Waals surface area contributed by atoms with Gasteiger partial charge in [-0.1, -0.05) is 12.1 Å². The van der Waals surface area contributed by atoms with Crippen molar-refractivity contribution in [1.82, 2.24) is 5.32 Å². The number of hydrogen-bond acceptors (Lipinski definition) is 5. The molecular formula is C24H31NO4. The first-order chi connectivity index (χ1) is 14.1. The van der Waals surface area contributed by atoms with Crippen LogP contribution in [-0.2, 0) is 24.1 Å². The molecule has 1 aliphatic rings. The summed E-state index contributed by atoms with van der Waals surface area (Å²) in [4.78, 5) is 12.8. The number of phenolic OH excluding ortho intramolecular Hbond substituents is 1. The van der Waals surface area contributed by atoms with Gasteiger partial charge < -0.3 is 19.9 Å². The number of fused-ring (bicyclic) bond motifs is 1. The first-order valence-electron chi connectivity index (χ1n) is 10.4. The van der Waals surface area contributed by atoms with E-state index in [1.807, 2.05) is 24.3 Å². The highest BCUT2D eigenvalue weighted by molar-refractivity contribution is 5.84. The molecule has 0 spiro atoms. The van der Waals surface area contributed by atoms with E-state index < -0.39 is 0 Å². The van der Waals surface area contributed by atoms with E-state index in [0.717, 1.165) is 62.1 Å². The number of ether oxygens (including phenoxy) is 2. The van der Waals surface area contributed by atoms with Crippen LogP contribution in [-0.4, -0.2) is 38.2 Å². The summed E-state index contributed by atoms with van der Waals surface area (Å²) >= 11 is 0. The van der Waals surface area contributed by atoms with Gasteiger partial charge in [-0.25, -0.2) is 0 Å². The van der Waals surface area contributed by atoms with Crippen LogP contribution in [0.4, 0.5) is 0 Å². The van der Waals surface area contributed by atoms with Crippen molar-refractivity contribution in [2.45, 2.75) is 38.5 Å². The van der Waals surface area contributed by atoms with Crippen LogP contribution < -0.4 is 14.8 Å². The van der Waals surface area contributed by atoms with Gasteiger partial charge in [0.05, 0.1) is 14.2 Å². The summed E-state index contributed by atoms with van der Waals surface area (Å²) in [7, 11) is 3.27. The fourth-order valence-corrected chi connectivity index (χ4v) is 4.03. The van der Waals surface area contributed by atoms with Crippen LogP contribution in [0, 0.1) is 5.92 Å². The summed E-state index contributed by atoms with van der Waals surface area (Å²) in [6, 6.07) is 11.3. The molecule has 1 aliphatic carbocycles. The van der Waals surface area contributed by atoms with E-state index in [9.17, 15) is 9.90 Å². The molecule has 156 valence electrons. The number of aryl methyl sites for hydroxylation is 1. The van der Waals surface area contributed by atoms with Gasteiger partial charge in [-0.2, -0.15) is 0 Å². The number of benzene rings is 2. The molecule has 2 N–H and O–H groups in total. The van der Waals surface area contributed by atoms with Crippen LogP contribution in [0.3, 0.4) is 0 Å². The van der Waals surface area contributed by atoms with Gasteiger partial charge in [0.2, 0.25) is 0 Å². The maximum absolute atomic E-state index is 12.8. The fourth-order valence-electron chi connectivity index (χ4n) is 4.03. The lowest BCUT2D eigenvalue weighted by Crippen LogP contribution is -2.21. The predicted octanol–water partition coefficient (Wildman–Crippen LogP) is 3.70. The van der Waals surface area contributed by atoms with E-state index >= 15 is 0 Å². The second-order valence-corrected chi connectivity index (χ2v) is 7.67. The van der Waals surface area contributed by atoms with E-state index in [0.29, 0.717) is 23.7 Å². The van der Waals surface area contributed by atoms with Gasteiger partial charge in [-0.15, -0.1) is 0 Å². The molecule has 1 atom stereocenters. The Kier molecular flexibility index (Phi) is 7.53. The van der Waals surface area contributed by atoms with Gasteiger partial charge in [-0.3, -0.25) is 4.79 Å². The Labute approximate surface area is 173 Å². The van der Waals surface area contributed by atoms with Crippen molar-refractivity contribution >= 4 is 5.78 Å². The average molecular weight is 398 g/mol. The largest absolute Gasteiger partial charge is 0.508 e. The monoisotopic (exact) mass is 397 g/mol. The van der Waals surface area contributed by atoms with Crippen molar-refractivity contribution in [2.24, 2.45) is 5.92 Å². The molecule has 3 rings (SSSR count). The SMILES string of the molecule is COc1cc2c(cc1OC)CC(=O)C(CCCNCCc1cccc(O)c1)CC2. The molecule has 0 saturated heterocycles. The summed E-state index contributed by atoms with van der Waals surface area (Å²) in [6.45, 7) is 1.77. The first kappa shape index (κ1) is 21.2. The number of carbonyl (C=O) groups excluding carboxylic acids is 1. The molecule has 5 heteroatoms. The van der Waals surface area contributed by atoms with Crippen molar-refractivity contribution in [3.63, 3.8) is 0 Å². The van der Waals surface area contributed by atoms with Crippen LogP contribution in [0.15, 0.2) is 36.4 Å². The molecule has 0 aromatic heterocycles. The number of ketones is 1. The van der Waals surface area contributed by atoms with Gasteiger partial charge in [0.25, 0.3) is 0 Å². The molecule has 0 bridgehead atoms. The van der Waals surface area contributed by atoms with E-state index in [1.54, 1.807) is 26.4 Å². The van der Waals surface area contributed by atoms with Crippen LogP contribution in [0.25, 0.3) is 0 Å². The molecule has 2 aromatic rings. The molecule has 0 saturated carbocycles. The lowest BCUT2D eigenvalue weighted by atomic mass is 9.93. The second-order valence-electron chi connectivity index (χ2n) is 7.67. The molecule has 0 heterocycles. The Morgan fingerprint density at radius 3 is 2.55 bits per heavy atom. The molecule has 0 aliphatic heterocycles. The summed E-state index contributed by atoms with van der Waals surface area (Å²) in [6.07, 6.45) is 5.06.